The van der Waals surface area contributed by atoms with Crippen molar-refractivity contribution in [1.82, 2.24) is 27.4 Å². The molecule has 30 aromatic rings. The summed E-state index contributed by atoms with van der Waals surface area (Å²) in [5, 5.41) is 22.7. The number of aryl methyl sites for hydroxylation is 1. The summed E-state index contributed by atoms with van der Waals surface area (Å²) in [6.07, 6.45) is 0. The number of para-hydroxylation sites is 7. The smallest absolute Gasteiger partial charge is 0.0547 e. The fourth-order valence-electron chi connectivity index (χ4n) is 23.0. The highest BCUT2D eigenvalue weighted by Crippen LogP contribution is 2.46. The maximum absolute atomic E-state index is 2.45. The first kappa shape index (κ1) is 84.0. The molecule has 6 aromatic heterocycles. The second-order valence-corrected chi connectivity index (χ2v) is 38.3. The molecule has 6 heterocycles. The molecule has 0 aliphatic carbocycles. The summed E-state index contributed by atoms with van der Waals surface area (Å²) in [5.74, 6) is 0. The molecular formula is C139H92N6. The van der Waals surface area contributed by atoms with Gasteiger partial charge in [-0.05, 0) is 277 Å². The lowest BCUT2D eigenvalue weighted by atomic mass is 10.0. The van der Waals surface area contributed by atoms with Crippen molar-refractivity contribution >= 4 is 163 Å². The fraction of sp³-hybridized carbons (Fsp3) is 0.00719. The molecule has 0 unspecified atom stereocenters. The first-order valence-corrected chi connectivity index (χ1v) is 50.0. The highest BCUT2D eigenvalue weighted by atomic mass is 15.0. The zero-order valence-electron chi connectivity index (χ0n) is 79.6. The first-order valence-electron chi connectivity index (χ1n) is 50.0. The van der Waals surface area contributed by atoms with E-state index in [-0.39, 0.29) is 0 Å². The number of benzene rings is 24. The van der Waals surface area contributed by atoms with Gasteiger partial charge in [0.15, 0.2) is 0 Å². The van der Waals surface area contributed by atoms with Gasteiger partial charge < -0.3 is 27.4 Å². The number of fused-ring (bicyclic) bond motifs is 21. The van der Waals surface area contributed by atoms with E-state index in [1.54, 1.807) is 0 Å². The average Bonchev–Trinajstić information content (AvgIpc) is 1.57. The first-order chi connectivity index (χ1) is 71.8. The molecule has 0 aliphatic heterocycles. The van der Waals surface area contributed by atoms with E-state index in [1.807, 2.05) is 0 Å². The standard InChI is InChI=1S/C47H32N2.2C46H30N2/c1-31-14-22-38(23-15-31)48-44-12-6-4-10-40(44)42-29-36(20-26-46(42)48)37-21-27-47-43(30-37)41-11-5-7-13-45(41)49(47)39-24-18-33(19-25-39)35-17-16-32-8-2-3-9-34(32)28-35;1-3-12-31(13-4-1)33-22-25-40-41-27-24-34(29-45(41)47(44(40)28-33)36-16-5-2-6-17-36)35-23-26-39-38-19-9-10-20-43(38)48(46(39)30-35)42-21-11-15-32-14-7-8-18-37(32)42;1-2-12-37(13-3-1)47-43-16-8-6-14-39(43)41-29-35(22-26-45(41)47)36-23-27-46-42(30-36)40-15-7-9-17-44(40)48(46)38-24-20-32(21-25-38)34-19-18-31-10-4-5-11-33(31)28-34/h2-30H,1H3;2*1-30H. The van der Waals surface area contributed by atoms with Gasteiger partial charge in [0.05, 0.1) is 71.9 Å². The van der Waals surface area contributed by atoms with Crippen LogP contribution in [-0.2, 0) is 0 Å². The van der Waals surface area contributed by atoms with Crippen molar-refractivity contribution in [3.8, 4) is 101 Å². The summed E-state index contributed by atoms with van der Waals surface area (Å²) in [6.45, 7) is 2.14. The van der Waals surface area contributed by atoms with Crippen molar-refractivity contribution < 1.29 is 0 Å². The lowest BCUT2D eigenvalue weighted by Gasteiger charge is -2.12. The van der Waals surface area contributed by atoms with Gasteiger partial charge in [-0.3, -0.25) is 0 Å². The van der Waals surface area contributed by atoms with Crippen LogP contribution in [0.1, 0.15) is 5.56 Å². The van der Waals surface area contributed by atoms with Crippen LogP contribution in [0, 0.1) is 6.92 Å². The van der Waals surface area contributed by atoms with Gasteiger partial charge >= 0.3 is 0 Å². The molecule has 0 spiro atoms. The number of hydrogen-bond acceptors (Lipinski definition) is 0. The molecule has 0 saturated heterocycles. The predicted octanol–water partition coefficient (Wildman–Crippen LogP) is 37.4. The predicted molar refractivity (Wildman–Crippen MR) is 615 cm³/mol. The molecule has 0 bridgehead atoms. The molecule has 0 radical (unpaired) electrons. The van der Waals surface area contributed by atoms with E-state index in [0.717, 1.165) is 17.1 Å². The zero-order chi connectivity index (χ0) is 95.7. The molecule has 0 fully saturated rings. The third-order valence-electron chi connectivity index (χ3n) is 30.0. The Morgan fingerprint density at radius 2 is 0.338 bits per heavy atom. The Morgan fingerprint density at radius 3 is 0.724 bits per heavy atom. The molecule has 145 heavy (non-hydrogen) atoms. The second-order valence-electron chi connectivity index (χ2n) is 38.3. The Hall–Kier alpha value is -19.1. The summed E-state index contributed by atoms with van der Waals surface area (Å²) in [5.41, 5.74) is 37.5. The number of hydrogen-bond donors (Lipinski definition) is 0. The van der Waals surface area contributed by atoms with Crippen LogP contribution in [0.5, 0.6) is 0 Å². The number of nitrogens with zero attached hydrogens (tertiary/aromatic N) is 6. The van der Waals surface area contributed by atoms with E-state index in [4.69, 9.17) is 0 Å². The Morgan fingerprint density at radius 1 is 0.110 bits per heavy atom. The molecule has 6 heteroatoms. The third kappa shape index (κ3) is 14.4. The number of rotatable bonds is 12. The normalized spacial score (nSPS) is 11.8. The molecule has 0 amide bonds. The quantitative estimate of drug-likeness (QED) is 0.117. The van der Waals surface area contributed by atoms with Crippen molar-refractivity contribution in [2.24, 2.45) is 0 Å². The van der Waals surface area contributed by atoms with Gasteiger partial charge in [0.1, 0.15) is 0 Å². The summed E-state index contributed by atoms with van der Waals surface area (Å²) >= 11 is 0. The number of aromatic nitrogens is 6. The molecule has 0 aliphatic rings. The Labute approximate surface area is 837 Å². The van der Waals surface area contributed by atoms with Gasteiger partial charge in [-0.2, -0.15) is 0 Å². The highest BCUT2D eigenvalue weighted by Gasteiger charge is 2.24. The summed E-state index contributed by atoms with van der Waals surface area (Å²) in [4.78, 5) is 0. The van der Waals surface area contributed by atoms with Crippen molar-refractivity contribution in [2.45, 2.75) is 6.92 Å². The van der Waals surface area contributed by atoms with Crippen LogP contribution in [0.2, 0.25) is 0 Å². The largest absolute Gasteiger partial charge is 0.309 e. The van der Waals surface area contributed by atoms with E-state index in [1.165, 1.54) is 253 Å². The molecule has 0 N–H and O–H groups in total. The molecule has 0 saturated carbocycles. The monoisotopic (exact) mass is 1840 g/mol. The maximum atomic E-state index is 2.45. The van der Waals surface area contributed by atoms with Crippen molar-refractivity contribution in [2.75, 3.05) is 0 Å². The molecule has 30 rings (SSSR count). The van der Waals surface area contributed by atoms with Crippen molar-refractivity contribution in [1.29, 1.82) is 0 Å². The van der Waals surface area contributed by atoms with Crippen LogP contribution < -0.4 is 0 Å². The van der Waals surface area contributed by atoms with E-state index in [0.29, 0.717) is 0 Å². The molecule has 0 atom stereocenters. The summed E-state index contributed by atoms with van der Waals surface area (Å²) in [6, 6.07) is 197. The van der Waals surface area contributed by atoms with Crippen LogP contribution in [0.3, 0.4) is 0 Å². The Kier molecular flexibility index (Phi) is 20.1. The molecular weight excluding hydrogens is 1750 g/mol. The van der Waals surface area contributed by atoms with Gasteiger partial charge in [0.25, 0.3) is 0 Å². The second kappa shape index (κ2) is 34.7. The summed E-state index contributed by atoms with van der Waals surface area (Å²) in [7, 11) is 0. The summed E-state index contributed by atoms with van der Waals surface area (Å²) < 4.78 is 14.4. The molecule has 24 aromatic carbocycles. The fourth-order valence-corrected chi connectivity index (χ4v) is 23.0. The lowest BCUT2D eigenvalue weighted by molar-refractivity contribution is 1.17. The minimum atomic E-state index is 1.16. The van der Waals surface area contributed by atoms with Gasteiger partial charge in [0.2, 0.25) is 0 Å². The van der Waals surface area contributed by atoms with E-state index in [9.17, 15) is 0 Å². The van der Waals surface area contributed by atoms with Crippen LogP contribution in [0.4, 0.5) is 0 Å². The SMILES string of the molecule is Cc1ccc(-n2c3ccccc3c3cc(-c4ccc5c(c4)c4ccccc4n5-c4ccc(-c5ccc6ccccc6c5)cc4)ccc32)cc1.c1ccc(-c2ccc3c4ccc(-c5ccc6c7ccccc7n(-c7cccc8ccccc78)c6c5)cc4n(-c4ccccc4)c3c2)cc1.c1ccc(-n2c3ccccc3c3cc(-c4ccc5c(c4)c4ccccc4n5-c4ccc(-c5ccc6ccccc6c5)cc4)ccc32)cc1. The van der Waals surface area contributed by atoms with E-state index >= 15 is 0 Å². The van der Waals surface area contributed by atoms with Crippen LogP contribution in [0.15, 0.2) is 540 Å². The minimum Gasteiger partial charge on any atom is -0.309 e. The maximum Gasteiger partial charge on any atom is 0.0547 e. The zero-order valence-corrected chi connectivity index (χ0v) is 79.6. The van der Waals surface area contributed by atoms with Gasteiger partial charge in [-0.1, -0.05) is 370 Å². The average molecular weight is 1850 g/mol. The van der Waals surface area contributed by atoms with E-state index < -0.39 is 0 Å². The third-order valence-corrected chi connectivity index (χ3v) is 30.0. The topological polar surface area (TPSA) is 29.6 Å². The molecule has 678 valence electrons. The van der Waals surface area contributed by atoms with Crippen molar-refractivity contribution in [3.05, 3.63) is 545 Å². The highest BCUT2D eigenvalue weighted by molar-refractivity contribution is 6.18. The van der Waals surface area contributed by atoms with Crippen molar-refractivity contribution in [3.63, 3.8) is 0 Å². The van der Waals surface area contributed by atoms with Gasteiger partial charge in [-0.25, -0.2) is 0 Å². The van der Waals surface area contributed by atoms with Gasteiger partial charge in [0, 0.05) is 98.5 Å². The van der Waals surface area contributed by atoms with Crippen LogP contribution in [-0.4, -0.2) is 27.4 Å². The van der Waals surface area contributed by atoms with Gasteiger partial charge in [-0.15, -0.1) is 0 Å². The van der Waals surface area contributed by atoms with E-state index in [2.05, 4.69) is 574 Å². The Bertz CT molecular complexity index is 10400. The van der Waals surface area contributed by atoms with Crippen LogP contribution >= 0.6 is 0 Å². The van der Waals surface area contributed by atoms with Crippen LogP contribution in [0.25, 0.3) is 264 Å². The lowest BCUT2D eigenvalue weighted by Crippen LogP contribution is -1.95. The molecule has 6 nitrogen and oxygen atoms in total. The Balaban J connectivity index is 0.000000106. The minimum absolute atomic E-state index is 1.16.